The van der Waals surface area contributed by atoms with Crippen LogP contribution in [0.4, 0.5) is 0 Å². The summed E-state index contributed by atoms with van der Waals surface area (Å²) in [7, 11) is 0. The van der Waals surface area contributed by atoms with Gasteiger partial charge in [0.2, 0.25) is 0 Å². The molecule has 28 heavy (non-hydrogen) atoms. The summed E-state index contributed by atoms with van der Waals surface area (Å²) < 4.78 is 7.63. The second kappa shape index (κ2) is 8.54. The van der Waals surface area contributed by atoms with Crippen molar-refractivity contribution in [1.29, 1.82) is 0 Å². The van der Waals surface area contributed by atoms with Crippen molar-refractivity contribution in [3.05, 3.63) is 101 Å². The van der Waals surface area contributed by atoms with Gasteiger partial charge in [-0.25, -0.2) is 0 Å². The lowest BCUT2D eigenvalue weighted by Crippen LogP contribution is -2.31. The van der Waals surface area contributed by atoms with Gasteiger partial charge in [-0.15, -0.1) is 11.3 Å². The molecular formula is C22H19N3O2S. The summed E-state index contributed by atoms with van der Waals surface area (Å²) in [5, 5.41) is 9.37. The van der Waals surface area contributed by atoms with E-state index in [-0.39, 0.29) is 11.9 Å². The lowest BCUT2D eigenvalue weighted by molar-refractivity contribution is 0.0949. The van der Waals surface area contributed by atoms with Crippen LogP contribution in [0.1, 0.15) is 21.3 Å². The molecule has 0 aliphatic carbocycles. The maximum Gasteiger partial charge on any atom is 0.251 e. The Morgan fingerprint density at radius 3 is 2.46 bits per heavy atom. The molecule has 0 aliphatic rings. The molecule has 6 heteroatoms. The molecule has 1 amide bonds. The van der Waals surface area contributed by atoms with Gasteiger partial charge < -0.3 is 10.1 Å². The molecule has 4 rings (SSSR count). The third kappa shape index (κ3) is 4.29. The van der Waals surface area contributed by atoms with Crippen molar-refractivity contribution >= 4 is 17.2 Å². The zero-order valence-corrected chi connectivity index (χ0v) is 15.9. The van der Waals surface area contributed by atoms with Crippen LogP contribution < -0.4 is 10.1 Å². The lowest BCUT2D eigenvalue weighted by atomic mass is 10.2. The maximum atomic E-state index is 12.6. The van der Waals surface area contributed by atoms with Gasteiger partial charge in [0.1, 0.15) is 17.5 Å². The average molecular weight is 389 g/mol. The van der Waals surface area contributed by atoms with Crippen LogP contribution in [0.5, 0.6) is 11.5 Å². The van der Waals surface area contributed by atoms with Gasteiger partial charge in [0, 0.05) is 29.4 Å². The number of hydrogen-bond donors (Lipinski definition) is 1. The van der Waals surface area contributed by atoms with Crippen molar-refractivity contribution < 1.29 is 9.53 Å². The number of para-hydroxylation sites is 1. The summed E-state index contributed by atoms with van der Waals surface area (Å²) in [6, 6.07) is 22.6. The predicted octanol–water partition coefficient (Wildman–Crippen LogP) is 4.76. The number of benzene rings is 2. The van der Waals surface area contributed by atoms with Crippen molar-refractivity contribution in [2.75, 3.05) is 6.54 Å². The maximum absolute atomic E-state index is 12.6. The fourth-order valence-electron chi connectivity index (χ4n) is 2.86. The van der Waals surface area contributed by atoms with Crippen LogP contribution in [-0.4, -0.2) is 22.2 Å². The van der Waals surface area contributed by atoms with Crippen LogP contribution in [0.2, 0.25) is 0 Å². The van der Waals surface area contributed by atoms with Crippen LogP contribution in [-0.2, 0) is 0 Å². The van der Waals surface area contributed by atoms with Crippen molar-refractivity contribution in [3.63, 3.8) is 0 Å². The van der Waals surface area contributed by atoms with Gasteiger partial charge in [-0.3, -0.25) is 9.48 Å². The van der Waals surface area contributed by atoms with Crippen LogP contribution in [0.25, 0.3) is 0 Å². The molecule has 2 aromatic carbocycles. The third-order valence-electron chi connectivity index (χ3n) is 4.27. The Morgan fingerprint density at radius 2 is 1.79 bits per heavy atom. The smallest absolute Gasteiger partial charge is 0.251 e. The molecule has 2 heterocycles. The van der Waals surface area contributed by atoms with Gasteiger partial charge in [0.05, 0.1) is 0 Å². The first kappa shape index (κ1) is 18.0. The minimum Gasteiger partial charge on any atom is -0.457 e. The molecule has 1 atom stereocenters. The molecule has 0 bridgehead atoms. The van der Waals surface area contributed by atoms with E-state index in [0.717, 1.165) is 10.6 Å². The number of rotatable bonds is 7. The van der Waals surface area contributed by atoms with Gasteiger partial charge in [-0.2, -0.15) is 5.10 Å². The lowest BCUT2D eigenvalue weighted by Gasteiger charge is -2.17. The van der Waals surface area contributed by atoms with E-state index in [2.05, 4.69) is 16.5 Å². The Balaban J connectivity index is 1.40. The van der Waals surface area contributed by atoms with E-state index >= 15 is 0 Å². The summed E-state index contributed by atoms with van der Waals surface area (Å²) >= 11 is 1.65. The number of carbonyl (C=O) groups is 1. The molecule has 0 spiro atoms. The fourth-order valence-corrected chi connectivity index (χ4v) is 3.68. The molecule has 0 radical (unpaired) electrons. The van der Waals surface area contributed by atoms with E-state index in [1.807, 2.05) is 58.7 Å². The highest BCUT2D eigenvalue weighted by Gasteiger charge is 2.17. The first-order valence-electron chi connectivity index (χ1n) is 8.93. The molecule has 4 aromatic rings. The largest absolute Gasteiger partial charge is 0.457 e. The zero-order chi connectivity index (χ0) is 19.2. The van der Waals surface area contributed by atoms with Crippen LogP contribution in [0.15, 0.2) is 90.6 Å². The summed E-state index contributed by atoms with van der Waals surface area (Å²) in [5.41, 5.74) is 0.589. The molecule has 1 N–H and O–H groups in total. The molecule has 1 unspecified atom stereocenters. The monoisotopic (exact) mass is 389 g/mol. The third-order valence-corrected chi connectivity index (χ3v) is 5.24. The summed E-state index contributed by atoms with van der Waals surface area (Å²) in [5.74, 6) is 1.33. The topological polar surface area (TPSA) is 56.2 Å². The van der Waals surface area contributed by atoms with Crippen LogP contribution in [0, 0.1) is 0 Å². The number of amides is 1. The van der Waals surface area contributed by atoms with Crippen molar-refractivity contribution in [2.45, 2.75) is 6.04 Å². The normalized spacial score (nSPS) is 11.7. The Hall–Kier alpha value is -3.38. The van der Waals surface area contributed by atoms with Gasteiger partial charge in [-0.1, -0.05) is 24.3 Å². The number of nitrogens with zero attached hydrogens (tertiary/aromatic N) is 2. The quantitative estimate of drug-likeness (QED) is 0.496. The highest BCUT2D eigenvalue weighted by atomic mass is 32.1. The summed E-state index contributed by atoms with van der Waals surface area (Å²) in [4.78, 5) is 13.7. The number of hydrogen-bond acceptors (Lipinski definition) is 4. The van der Waals surface area contributed by atoms with Gasteiger partial charge in [-0.05, 0) is 53.9 Å². The molecule has 2 aromatic heterocycles. The van der Waals surface area contributed by atoms with E-state index in [1.165, 1.54) is 0 Å². The van der Waals surface area contributed by atoms with E-state index in [0.29, 0.717) is 17.9 Å². The van der Waals surface area contributed by atoms with E-state index in [1.54, 1.807) is 41.8 Å². The average Bonchev–Trinajstić information content (AvgIpc) is 3.44. The van der Waals surface area contributed by atoms with Crippen LogP contribution >= 0.6 is 11.3 Å². The van der Waals surface area contributed by atoms with Gasteiger partial charge >= 0.3 is 0 Å². The second-order valence-corrected chi connectivity index (χ2v) is 7.15. The zero-order valence-electron chi connectivity index (χ0n) is 15.1. The summed E-state index contributed by atoms with van der Waals surface area (Å²) in [6.45, 7) is 0.462. The number of ether oxygens (including phenoxy) is 1. The second-order valence-electron chi connectivity index (χ2n) is 6.17. The first-order valence-corrected chi connectivity index (χ1v) is 9.81. The molecule has 0 aliphatic heterocycles. The Labute approximate surface area is 167 Å². The molecular weight excluding hydrogens is 370 g/mol. The molecule has 0 saturated carbocycles. The van der Waals surface area contributed by atoms with Gasteiger partial charge in [0.15, 0.2) is 0 Å². The minimum absolute atomic E-state index is 0.0281. The van der Waals surface area contributed by atoms with Crippen LogP contribution in [0.3, 0.4) is 0 Å². The molecule has 5 nitrogen and oxygen atoms in total. The standard InChI is InChI=1S/C22H19N3O2S/c26-22(17-9-11-19(12-10-17)27-18-6-2-1-3-7-18)23-16-20(21-8-4-15-28-21)25-14-5-13-24-25/h1-15,20H,16H2,(H,23,26). The fraction of sp³-hybridized carbons (Fsp3) is 0.0909. The Morgan fingerprint density at radius 1 is 1.00 bits per heavy atom. The molecule has 0 fully saturated rings. The SMILES string of the molecule is O=C(NCC(c1cccs1)n1cccn1)c1ccc(Oc2ccccc2)cc1. The van der Waals surface area contributed by atoms with E-state index in [4.69, 9.17) is 4.74 Å². The number of carbonyl (C=O) groups excluding carboxylic acids is 1. The molecule has 140 valence electrons. The van der Waals surface area contributed by atoms with Gasteiger partial charge in [0.25, 0.3) is 5.91 Å². The first-order chi connectivity index (χ1) is 13.8. The number of thiophene rings is 1. The minimum atomic E-state index is -0.125. The highest BCUT2D eigenvalue weighted by Crippen LogP contribution is 2.23. The predicted molar refractivity (Wildman–Crippen MR) is 110 cm³/mol. The highest BCUT2D eigenvalue weighted by molar-refractivity contribution is 7.10. The van der Waals surface area contributed by atoms with E-state index in [9.17, 15) is 4.79 Å². The summed E-state index contributed by atoms with van der Waals surface area (Å²) in [6.07, 6.45) is 3.65. The van der Waals surface area contributed by atoms with Crippen molar-refractivity contribution in [3.8, 4) is 11.5 Å². The molecule has 0 saturated heterocycles. The van der Waals surface area contributed by atoms with Crippen molar-refractivity contribution in [2.24, 2.45) is 0 Å². The Bertz CT molecular complexity index is 964. The van der Waals surface area contributed by atoms with E-state index < -0.39 is 0 Å². The number of aromatic nitrogens is 2. The Kier molecular flexibility index (Phi) is 5.49. The van der Waals surface area contributed by atoms with Crippen molar-refractivity contribution in [1.82, 2.24) is 15.1 Å². The number of nitrogens with one attached hydrogen (secondary N) is 1.